The van der Waals surface area contributed by atoms with Gasteiger partial charge in [0.15, 0.2) is 0 Å². The lowest BCUT2D eigenvalue weighted by Gasteiger charge is -2.32. The van der Waals surface area contributed by atoms with Crippen LogP contribution in [-0.4, -0.2) is 15.8 Å². The first-order valence-electron chi connectivity index (χ1n) is 7.06. The monoisotopic (exact) mass is 231 g/mol. The smallest absolute Gasteiger partial charge is 0.0728 e. The molecule has 3 aliphatic carbocycles. The van der Waals surface area contributed by atoms with Crippen LogP contribution in [0.25, 0.3) is 0 Å². The van der Waals surface area contributed by atoms with Gasteiger partial charge in [-0.25, -0.2) is 0 Å². The molecular weight excluding hydrogens is 210 g/mol. The number of nitrogens with one attached hydrogen (secondary N) is 1. The van der Waals surface area contributed by atoms with Gasteiger partial charge in [0, 0.05) is 19.3 Å². The van der Waals surface area contributed by atoms with E-state index in [2.05, 4.69) is 16.6 Å². The van der Waals surface area contributed by atoms with E-state index in [0.717, 1.165) is 29.7 Å². The molecule has 92 valence electrons. The van der Waals surface area contributed by atoms with E-state index in [1.54, 1.807) is 0 Å². The van der Waals surface area contributed by atoms with Crippen molar-refractivity contribution in [1.82, 2.24) is 9.78 Å². The minimum absolute atomic E-state index is 0.726. The summed E-state index contributed by atoms with van der Waals surface area (Å²) in [4.78, 5) is 0. The van der Waals surface area contributed by atoms with Crippen molar-refractivity contribution in [3.8, 4) is 0 Å². The highest BCUT2D eigenvalue weighted by Crippen LogP contribution is 2.59. The lowest BCUT2D eigenvalue weighted by atomic mass is 9.79. The number of rotatable bonds is 2. The van der Waals surface area contributed by atoms with Crippen LogP contribution in [0.4, 0.5) is 5.69 Å². The molecule has 5 atom stereocenters. The molecule has 3 fully saturated rings. The zero-order valence-corrected chi connectivity index (χ0v) is 10.5. The zero-order valence-electron chi connectivity index (χ0n) is 10.5. The molecule has 1 heterocycles. The number of anilines is 1. The molecule has 0 saturated heterocycles. The standard InChI is InChI=1S/C14H21N3/c1-17-8-10(7-15-17)16-14-6-9-5-13(14)12-4-2-3-11(9)12/h7-9,11-14,16H,2-6H2,1H3. The van der Waals surface area contributed by atoms with E-state index in [-0.39, 0.29) is 0 Å². The minimum Gasteiger partial charge on any atom is -0.379 e. The summed E-state index contributed by atoms with van der Waals surface area (Å²) < 4.78 is 1.88. The lowest BCUT2D eigenvalue weighted by molar-refractivity contribution is 0.243. The van der Waals surface area contributed by atoms with Gasteiger partial charge in [0.2, 0.25) is 0 Å². The Hall–Kier alpha value is -0.990. The molecule has 1 N–H and O–H groups in total. The molecule has 0 aromatic carbocycles. The fourth-order valence-electron chi connectivity index (χ4n) is 4.94. The van der Waals surface area contributed by atoms with E-state index in [4.69, 9.17) is 0 Å². The van der Waals surface area contributed by atoms with Gasteiger partial charge in [-0.15, -0.1) is 0 Å². The third-order valence-electron chi connectivity index (χ3n) is 5.49. The maximum Gasteiger partial charge on any atom is 0.0728 e. The summed E-state index contributed by atoms with van der Waals surface area (Å²) in [6, 6.07) is 0.726. The number of hydrogen-bond acceptors (Lipinski definition) is 2. The third-order valence-corrected chi connectivity index (χ3v) is 5.49. The number of fused-ring (bicyclic) bond motifs is 5. The molecule has 3 aliphatic rings. The van der Waals surface area contributed by atoms with Gasteiger partial charge in [-0.05, 0) is 49.4 Å². The summed E-state index contributed by atoms with van der Waals surface area (Å²) in [6.07, 6.45) is 11.5. The van der Waals surface area contributed by atoms with Crippen molar-refractivity contribution < 1.29 is 0 Å². The largest absolute Gasteiger partial charge is 0.379 e. The van der Waals surface area contributed by atoms with E-state index in [1.807, 2.05) is 17.9 Å². The third kappa shape index (κ3) is 1.44. The van der Waals surface area contributed by atoms with Crippen molar-refractivity contribution in [1.29, 1.82) is 0 Å². The first-order chi connectivity index (χ1) is 8.31. The van der Waals surface area contributed by atoms with Crippen LogP contribution in [0.5, 0.6) is 0 Å². The highest BCUT2D eigenvalue weighted by Gasteiger charge is 2.53. The second-order valence-electron chi connectivity index (χ2n) is 6.31. The fourth-order valence-corrected chi connectivity index (χ4v) is 4.94. The van der Waals surface area contributed by atoms with Crippen LogP contribution >= 0.6 is 0 Å². The van der Waals surface area contributed by atoms with Crippen LogP contribution in [-0.2, 0) is 7.05 Å². The molecule has 3 nitrogen and oxygen atoms in total. The van der Waals surface area contributed by atoms with Gasteiger partial charge in [0.25, 0.3) is 0 Å². The van der Waals surface area contributed by atoms with Gasteiger partial charge in [-0.1, -0.05) is 6.42 Å². The van der Waals surface area contributed by atoms with Crippen molar-refractivity contribution >= 4 is 5.69 Å². The van der Waals surface area contributed by atoms with E-state index in [1.165, 1.54) is 37.8 Å². The summed E-state index contributed by atoms with van der Waals surface area (Å²) in [5.41, 5.74) is 1.21. The van der Waals surface area contributed by atoms with Crippen LogP contribution in [0.2, 0.25) is 0 Å². The molecule has 0 radical (unpaired) electrons. The maximum absolute atomic E-state index is 4.24. The number of hydrogen-bond donors (Lipinski definition) is 1. The van der Waals surface area contributed by atoms with Gasteiger partial charge >= 0.3 is 0 Å². The lowest BCUT2D eigenvalue weighted by Crippen LogP contribution is -2.33. The average molecular weight is 231 g/mol. The Morgan fingerprint density at radius 2 is 2.12 bits per heavy atom. The van der Waals surface area contributed by atoms with Gasteiger partial charge in [0.1, 0.15) is 0 Å². The van der Waals surface area contributed by atoms with Crippen molar-refractivity contribution in [2.24, 2.45) is 30.7 Å². The summed E-state index contributed by atoms with van der Waals surface area (Å²) in [5, 5.41) is 7.96. The Balaban J connectivity index is 1.50. The fraction of sp³-hybridized carbons (Fsp3) is 0.786. The van der Waals surface area contributed by atoms with Crippen molar-refractivity contribution in [3.63, 3.8) is 0 Å². The Morgan fingerprint density at radius 3 is 2.94 bits per heavy atom. The minimum atomic E-state index is 0.726. The van der Waals surface area contributed by atoms with E-state index in [0.29, 0.717) is 0 Å². The zero-order chi connectivity index (χ0) is 11.4. The maximum atomic E-state index is 4.24. The summed E-state index contributed by atoms with van der Waals surface area (Å²) in [7, 11) is 1.99. The molecule has 0 spiro atoms. The highest BCUT2D eigenvalue weighted by molar-refractivity contribution is 5.40. The average Bonchev–Trinajstić information content (AvgIpc) is 2.99. The van der Waals surface area contributed by atoms with E-state index in [9.17, 15) is 0 Å². The number of nitrogens with zero attached hydrogens (tertiary/aromatic N) is 2. The molecule has 0 aliphatic heterocycles. The van der Waals surface area contributed by atoms with Gasteiger partial charge in [-0.2, -0.15) is 5.10 Å². The predicted octanol–water partition coefficient (Wildman–Crippen LogP) is 2.66. The molecule has 3 heteroatoms. The van der Waals surface area contributed by atoms with Crippen molar-refractivity contribution in [2.75, 3.05) is 5.32 Å². The topological polar surface area (TPSA) is 29.9 Å². The molecule has 1 aromatic heterocycles. The molecule has 3 saturated carbocycles. The van der Waals surface area contributed by atoms with Crippen LogP contribution in [0.1, 0.15) is 32.1 Å². The Bertz CT molecular complexity index is 425. The number of aromatic nitrogens is 2. The highest BCUT2D eigenvalue weighted by atomic mass is 15.3. The van der Waals surface area contributed by atoms with E-state index >= 15 is 0 Å². The summed E-state index contributed by atoms with van der Waals surface area (Å²) in [6.45, 7) is 0. The first-order valence-corrected chi connectivity index (χ1v) is 7.06. The van der Waals surface area contributed by atoms with Gasteiger partial charge < -0.3 is 5.32 Å². The Labute approximate surface area is 103 Å². The second-order valence-corrected chi connectivity index (χ2v) is 6.31. The van der Waals surface area contributed by atoms with Crippen molar-refractivity contribution in [3.05, 3.63) is 12.4 Å². The molecule has 2 bridgehead atoms. The summed E-state index contributed by atoms with van der Waals surface area (Å²) >= 11 is 0. The second kappa shape index (κ2) is 3.50. The van der Waals surface area contributed by atoms with E-state index < -0.39 is 0 Å². The van der Waals surface area contributed by atoms with Crippen LogP contribution in [0.3, 0.4) is 0 Å². The molecular formula is C14H21N3. The quantitative estimate of drug-likeness (QED) is 0.848. The molecule has 1 aromatic rings. The predicted molar refractivity (Wildman–Crippen MR) is 67.7 cm³/mol. The SMILES string of the molecule is Cn1cc(NC2CC3CC2C2CCCC32)cn1. The molecule has 0 amide bonds. The molecule has 5 unspecified atom stereocenters. The Morgan fingerprint density at radius 1 is 1.24 bits per heavy atom. The van der Waals surface area contributed by atoms with Crippen LogP contribution < -0.4 is 5.32 Å². The van der Waals surface area contributed by atoms with Crippen LogP contribution in [0, 0.1) is 23.7 Å². The molecule has 17 heavy (non-hydrogen) atoms. The Kier molecular flexibility index (Phi) is 2.06. The first kappa shape index (κ1) is 9.98. The van der Waals surface area contributed by atoms with Crippen molar-refractivity contribution in [2.45, 2.75) is 38.1 Å². The molecule has 4 rings (SSSR count). The van der Waals surface area contributed by atoms with Gasteiger partial charge in [0.05, 0.1) is 11.9 Å². The normalized spacial score (nSPS) is 43.0. The van der Waals surface area contributed by atoms with Crippen LogP contribution in [0.15, 0.2) is 12.4 Å². The number of aryl methyl sites for hydroxylation is 1. The summed E-state index contributed by atoms with van der Waals surface area (Å²) in [5.74, 6) is 4.12. The van der Waals surface area contributed by atoms with Gasteiger partial charge in [-0.3, -0.25) is 4.68 Å².